The molecule has 2 heterocycles. The average Bonchev–Trinajstić information content (AvgIpc) is 2.77. The lowest BCUT2D eigenvalue weighted by atomic mass is 10.1. The molecule has 5 nitrogen and oxygen atoms in total. The van der Waals surface area contributed by atoms with Gasteiger partial charge in [0.2, 0.25) is 0 Å². The second-order valence-electron chi connectivity index (χ2n) is 5.37. The number of carbonyl (C=O) groups is 1. The first kappa shape index (κ1) is 13.8. The lowest BCUT2D eigenvalue weighted by Crippen LogP contribution is -2.44. The van der Waals surface area contributed by atoms with Crippen molar-refractivity contribution in [3.63, 3.8) is 0 Å². The standard InChI is InChI=1S/C16H20N2O3/c1-20-13-8-9-14(15(10-13)21-2)17-16(19)18-11-4-3-5-12(18)7-6-11/h3-4,8-12H,5-7H2,1-2H3,(H,17,19). The Bertz CT molecular complexity index is 571. The van der Waals surface area contributed by atoms with Crippen molar-refractivity contribution < 1.29 is 14.3 Å². The van der Waals surface area contributed by atoms with E-state index in [0.717, 1.165) is 19.3 Å². The summed E-state index contributed by atoms with van der Waals surface area (Å²) < 4.78 is 10.5. The second kappa shape index (κ2) is 5.68. The van der Waals surface area contributed by atoms with Crippen LogP contribution in [0.5, 0.6) is 11.5 Å². The number of fused-ring (bicyclic) bond motifs is 2. The van der Waals surface area contributed by atoms with Crippen LogP contribution in [0.15, 0.2) is 30.4 Å². The van der Waals surface area contributed by atoms with Crippen LogP contribution in [0.1, 0.15) is 19.3 Å². The minimum absolute atomic E-state index is 0.0599. The summed E-state index contributed by atoms with van der Waals surface area (Å²) >= 11 is 0. The quantitative estimate of drug-likeness (QED) is 0.870. The summed E-state index contributed by atoms with van der Waals surface area (Å²) in [5, 5.41) is 2.96. The lowest BCUT2D eigenvalue weighted by molar-refractivity contribution is 0.192. The van der Waals surface area contributed by atoms with Crippen molar-refractivity contribution in [1.29, 1.82) is 0 Å². The Kier molecular flexibility index (Phi) is 3.73. The normalized spacial score (nSPS) is 23.0. The maximum Gasteiger partial charge on any atom is 0.322 e. The molecule has 3 rings (SSSR count). The van der Waals surface area contributed by atoms with E-state index in [-0.39, 0.29) is 12.1 Å². The fourth-order valence-electron chi connectivity index (χ4n) is 3.12. The summed E-state index contributed by atoms with van der Waals surface area (Å²) in [6.07, 6.45) is 7.39. The largest absolute Gasteiger partial charge is 0.497 e. The molecule has 1 saturated heterocycles. The van der Waals surface area contributed by atoms with Gasteiger partial charge in [-0.2, -0.15) is 0 Å². The maximum absolute atomic E-state index is 12.5. The van der Waals surface area contributed by atoms with Gasteiger partial charge in [-0.05, 0) is 31.4 Å². The van der Waals surface area contributed by atoms with Crippen molar-refractivity contribution in [3.05, 3.63) is 30.4 Å². The molecule has 2 aliphatic heterocycles. The fraction of sp³-hybridized carbons (Fsp3) is 0.438. The number of methoxy groups -OCH3 is 2. The summed E-state index contributed by atoms with van der Waals surface area (Å²) in [7, 11) is 3.18. The molecular weight excluding hydrogens is 268 g/mol. The molecule has 2 amide bonds. The molecule has 112 valence electrons. The molecule has 2 aliphatic rings. The molecule has 0 aliphatic carbocycles. The van der Waals surface area contributed by atoms with Crippen LogP contribution in [-0.2, 0) is 0 Å². The molecule has 1 N–H and O–H groups in total. The predicted molar refractivity (Wildman–Crippen MR) is 81.0 cm³/mol. The summed E-state index contributed by atoms with van der Waals surface area (Å²) in [6.45, 7) is 0. The topological polar surface area (TPSA) is 50.8 Å². The number of hydrogen-bond donors (Lipinski definition) is 1. The number of rotatable bonds is 3. The average molecular weight is 288 g/mol. The van der Waals surface area contributed by atoms with Gasteiger partial charge in [0.25, 0.3) is 0 Å². The highest BCUT2D eigenvalue weighted by Crippen LogP contribution is 2.34. The van der Waals surface area contributed by atoms with E-state index in [1.807, 2.05) is 11.0 Å². The lowest BCUT2D eigenvalue weighted by Gasteiger charge is -2.31. The van der Waals surface area contributed by atoms with Gasteiger partial charge in [0, 0.05) is 12.1 Å². The first-order valence-electron chi connectivity index (χ1n) is 7.21. The highest BCUT2D eigenvalue weighted by Gasteiger charge is 2.37. The first-order chi connectivity index (χ1) is 10.2. The molecule has 0 radical (unpaired) electrons. The van der Waals surface area contributed by atoms with E-state index in [4.69, 9.17) is 9.47 Å². The van der Waals surface area contributed by atoms with Crippen molar-refractivity contribution >= 4 is 11.7 Å². The third-order valence-electron chi connectivity index (χ3n) is 4.20. The van der Waals surface area contributed by atoms with Crippen molar-refractivity contribution in [2.45, 2.75) is 31.3 Å². The summed E-state index contributed by atoms with van der Waals surface area (Å²) in [5.41, 5.74) is 0.664. The zero-order valence-electron chi connectivity index (χ0n) is 12.3. The van der Waals surface area contributed by atoms with Crippen LogP contribution in [0.25, 0.3) is 0 Å². The zero-order valence-corrected chi connectivity index (χ0v) is 12.3. The van der Waals surface area contributed by atoms with Crippen molar-refractivity contribution in [2.24, 2.45) is 0 Å². The van der Waals surface area contributed by atoms with E-state index < -0.39 is 0 Å². The SMILES string of the molecule is COc1ccc(NC(=O)N2C3C=CCC2CC3)c(OC)c1. The first-order valence-corrected chi connectivity index (χ1v) is 7.21. The Balaban J connectivity index is 1.77. The number of anilines is 1. The van der Waals surface area contributed by atoms with Gasteiger partial charge < -0.3 is 19.7 Å². The minimum atomic E-state index is -0.0599. The molecule has 21 heavy (non-hydrogen) atoms. The maximum atomic E-state index is 12.5. The number of benzene rings is 1. The van der Waals surface area contributed by atoms with Crippen LogP contribution in [0.4, 0.5) is 10.5 Å². The number of hydrogen-bond acceptors (Lipinski definition) is 3. The molecule has 2 unspecified atom stereocenters. The van der Waals surface area contributed by atoms with E-state index in [9.17, 15) is 4.79 Å². The van der Waals surface area contributed by atoms with Crippen LogP contribution < -0.4 is 14.8 Å². The Labute approximate surface area is 124 Å². The third-order valence-corrected chi connectivity index (χ3v) is 4.20. The number of urea groups is 1. The van der Waals surface area contributed by atoms with E-state index in [2.05, 4.69) is 17.5 Å². The Morgan fingerprint density at radius 1 is 1.29 bits per heavy atom. The number of nitrogens with one attached hydrogen (secondary N) is 1. The van der Waals surface area contributed by atoms with Gasteiger partial charge in [-0.25, -0.2) is 4.79 Å². The molecule has 2 bridgehead atoms. The third kappa shape index (κ3) is 2.55. The number of ether oxygens (including phenoxy) is 2. The molecule has 1 aromatic carbocycles. The molecular formula is C16H20N2O3. The summed E-state index contributed by atoms with van der Waals surface area (Å²) in [6, 6.07) is 5.87. The molecule has 0 saturated carbocycles. The zero-order chi connectivity index (χ0) is 14.8. The van der Waals surface area contributed by atoms with Crippen molar-refractivity contribution in [2.75, 3.05) is 19.5 Å². The van der Waals surface area contributed by atoms with Crippen molar-refractivity contribution in [1.82, 2.24) is 4.90 Å². The Morgan fingerprint density at radius 2 is 2.14 bits per heavy atom. The summed E-state index contributed by atoms with van der Waals surface area (Å²) in [4.78, 5) is 14.5. The van der Waals surface area contributed by atoms with Crippen molar-refractivity contribution in [3.8, 4) is 11.5 Å². The Morgan fingerprint density at radius 3 is 2.86 bits per heavy atom. The van der Waals surface area contributed by atoms with Crippen LogP contribution in [0.3, 0.4) is 0 Å². The van der Waals surface area contributed by atoms with E-state index in [1.54, 1.807) is 26.4 Å². The number of amides is 2. The van der Waals surface area contributed by atoms with Gasteiger partial charge in [0.05, 0.1) is 25.9 Å². The minimum Gasteiger partial charge on any atom is -0.497 e. The molecule has 1 aromatic rings. The Hall–Kier alpha value is -2.17. The molecule has 2 atom stereocenters. The van der Waals surface area contributed by atoms with E-state index in [0.29, 0.717) is 23.2 Å². The van der Waals surface area contributed by atoms with Crippen LogP contribution in [0.2, 0.25) is 0 Å². The molecule has 5 heteroatoms. The van der Waals surface area contributed by atoms with Gasteiger partial charge in [0.1, 0.15) is 11.5 Å². The monoisotopic (exact) mass is 288 g/mol. The molecule has 1 fully saturated rings. The van der Waals surface area contributed by atoms with Crippen LogP contribution in [-0.4, -0.2) is 37.2 Å². The highest BCUT2D eigenvalue weighted by molar-refractivity contribution is 5.92. The van der Waals surface area contributed by atoms with Gasteiger partial charge in [-0.3, -0.25) is 0 Å². The predicted octanol–water partition coefficient (Wildman–Crippen LogP) is 3.03. The molecule has 0 spiro atoms. The van der Waals surface area contributed by atoms with E-state index in [1.165, 1.54) is 0 Å². The van der Waals surface area contributed by atoms with Crippen LogP contribution >= 0.6 is 0 Å². The van der Waals surface area contributed by atoms with Gasteiger partial charge >= 0.3 is 6.03 Å². The van der Waals surface area contributed by atoms with Gasteiger partial charge in [0.15, 0.2) is 0 Å². The van der Waals surface area contributed by atoms with Gasteiger partial charge in [-0.15, -0.1) is 0 Å². The summed E-state index contributed by atoms with van der Waals surface area (Å²) in [5.74, 6) is 1.30. The molecule has 0 aromatic heterocycles. The van der Waals surface area contributed by atoms with Gasteiger partial charge in [-0.1, -0.05) is 12.2 Å². The fourth-order valence-corrected chi connectivity index (χ4v) is 3.12. The smallest absolute Gasteiger partial charge is 0.322 e. The van der Waals surface area contributed by atoms with E-state index >= 15 is 0 Å². The number of nitrogens with zero attached hydrogens (tertiary/aromatic N) is 1. The second-order valence-corrected chi connectivity index (χ2v) is 5.37. The van der Waals surface area contributed by atoms with Crippen LogP contribution in [0, 0.1) is 0 Å². The number of carbonyl (C=O) groups excluding carboxylic acids is 1. The highest BCUT2D eigenvalue weighted by atomic mass is 16.5.